The lowest BCUT2D eigenvalue weighted by atomic mass is 10.2. The second-order valence-corrected chi connectivity index (χ2v) is 6.16. The van der Waals surface area contributed by atoms with Gasteiger partial charge >= 0.3 is 0 Å². The van der Waals surface area contributed by atoms with Gasteiger partial charge in [-0.15, -0.1) is 0 Å². The van der Waals surface area contributed by atoms with Crippen LogP contribution in [0.3, 0.4) is 0 Å². The predicted molar refractivity (Wildman–Crippen MR) is 86.7 cm³/mol. The van der Waals surface area contributed by atoms with Crippen molar-refractivity contribution in [3.05, 3.63) is 58.7 Å². The quantitative estimate of drug-likeness (QED) is 0.653. The van der Waals surface area contributed by atoms with Crippen LogP contribution in [0, 0.1) is 0 Å². The van der Waals surface area contributed by atoms with Crippen molar-refractivity contribution in [2.24, 2.45) is 0 Å². The number of pyridine rings is 1. The maximum absolute atomic E-state index is 6.20. The molecule has 3 aromatic rings. The molecule has 3 rings (SSSR count). The van der Waals surface area contributed by atoms with Crippen LogP contribution in [-0.2, 0) is 0 Å². The largest absolute Gasteiger partial charge is 0.398 e. The average Bonchev–Trinajstić information content (AvgIpc) is 2.46. The van der Waals surface area contributed by atoms with Crippen LogP contribution in [0.2, 0.25) is 10.0 Å². The third-order valence-corrected chi connectivity index (χ3v) is 4.66. The molecular weight excluding hydrogens is 311 g/mol. The van der Waals surface area contributed by atoms with Gasteiger partial charge in [-0.1, -0.05) is 35.0 Å². The summed E-state index contributed by atoms with van der Waals surface area (Å²) in [5, 5.41) is 2.26. The van der Waals surface area contributed by atoms with Crippen molar-refractivity contribution >= 4 is 51.6 Å². The average molecular weight is 321 g/mol. The standard InChI is InChI=1S/C15H10Cl2N2S/c16-9-3-4-11(17)14(8-9)20-13-6-5-12(18)10-2-1-7-19-15(10)13/h1-8H,18H2. The van der Waals surface area contributed by atoms with Gasteiger partial charge in [0.2, 0.25) is 0 Å². The molecule has 0 saturated carbocycles. The number of hydrogen-bond acceptors (Lipinski definition) is 3. The minimum atomic E-state index is 0.657. The number of hydrogen-bond donors (Lipinski definition) is 1. The Labute approximate surface area is 130 Å². The highest BCUT2D eigenvalue weighted by molar-refractivity contribution is 7.99. The van der Waals surface area contributed by atoms with E-state index in [1.807, 2.05) is 30.3 Å². The maximum Gasteiger partial charge on any atom is 0.0861 e. The first-order valence-corrected chi connectivity index (χ1v) is 7.48. The second-order valence-electron chi connectivity index (χ2n) is 4.23. The van der Waals surface area contributed by atoms with Gasteiger partial charge in [0.15, 0.2) is 0 Å². The molecule has 0 bridgehead atoms. The third kappa shape index (κ3) is 2.57. The molecule has 0 amide bonds. The summed E-state index contributed by atoms with van der Waals surface area (Å²) in [6, 6.07) is 13.1. The van der Waals surface area contributed by atoms with Crippen LogP contribution in [-0.4, -0.2) is 4.98 Å². The van der Waals surface area contributed by atoms with Crippen LogP contribution < -0.4 is 5.73 Å². The molecule has 2 N–H and O–H groups in total. The summed E-state index contributed by atoms with van der Waals surface area (Å²) >= 11 is 13.8. The van der Waals surface area contributed by atoms with Gasteiger partial charge in [-0.25, -0.2) is 0 Å². The molecule has 0 unspecified atom stereocenters. The maximum atomic E-state index is 6.20. The zero-order chi connectivity index (χ0) is 14.1. The fourth-order valence-corrected chi connectivity index (χ4v) is 3.38. The van der Waals surface area contributed by atoms with E-state index in [1.54, 1.807) is 18.3 Å². The molecule has 0 spiro atoms. The van der Waals surface area contributed by atoms with Crippen LogP contribution in [0.4, 0.5) is 5.69 Å². The highest BCUT2D eigenvalue weighted by Gasteiger charge is 2.09. The lowest BCUT2D eigenvalue weighted by Crippen LogP contribution is -1.90. The van der Waals surface area contributed by atoms with Gasteiger partial charge in [-0.2, -0.15) is 0 Å². The van der Waals surface area contributed by atoms with E-state index in [-0.39, 0.29) is 0 Å². The Hall–Kier alpha value is -1.42. The molecule has 0 radical (unpaired) electrons. The Morgan fingerprint density at radius 2 is 1.85 bits per heavy atom. The molecule has 100 valence electrons. The SMILES string of the molecule is Nc1ccc(Sc2cc(Cl)ccc2Cl)c2ncccc12. The number of rotatable bonds is 2. The first-order valence-electron chi connectivity index (χ1n) is 5.91. The number of nitrogen functional groups attached to an aromatic ring is 1. The number of nitrogens with two attached hydrogens (primary N) is 1. The van der Waals surface area contributed by atoms with E-state index in [0.29, 0.717) is 10.0 Å². The Kier molecular flexibility index (Phi) is 3.74. The molecule has 5 heteroatoms. The lowest BCUT2D eigenvalue weighted by Gasteiger charge is -2.09. The van der Waals surface area contributed by atoms with Crippen molar-refractivity contribution in [3.63, 3.8) is 0 Å². The van der Waals surface area contributed by atoms with E-state index < -0.39 is 0 Å². The second kappa shape index (κ2) is 5.52. The highest BCUT2D eigenvalue weighted by atomic mass is 35.5. The molecule has 1 aromatic heterocycles. The van der Waals surface area contributed by atoms with E-state index in [2.05, 4.69) is 4.98 Å². The normalized spacial score (nSPS) is 10.9. The summed E-state index contributed by atoms with van der Waals surface area (Å²) in [6.07, 6.45) is 1.76. The zero-order valence-electron chi connectivity index (χ0n) is 10.3. The lowest BCUT2D eigenvalue weighted by molar-refractivity contribution is 1.34. The Morgan fingerprint density at radius 3 is 2.70 bits per heavy atom. The highest BCUT2D eigenvalue weighted by Crippen LogP contribution is 2.38. The monoisotopic (exact) mass is 320 g/mol. The van der Waals surface area contributed by atoms with Crippen molar-refractivity contribution < 1.29 is 0 Å². The molecule has 0 aliphatic heterocycles. The van der Waals surface area contributed by atoms with Crippen molar-refractivity contribution in [3.8, 4) is 0 Å². The fourth-order valence-electron chi connectivity index (χ4n) is 1.93. The number of benzene rings is 2. The number of aromatic nitrogens is 1. The van der Waals surface area contributed by atoms with Crippen molar-refractivity contribution in [2.45, 2.75) is 9.79 Å². The minimum Gasteiger partial charge on any atom is -0.398 e. The van der Waals surface area contributed by atoms with Crippen LogP contribution in [0.25, 0.3) is 10.9 Å². The summed E-state index contributed by atoms with van der Waals surface area (Å²) in [5.74, 6) is 0. The first-order chi connectivity index (χ1) is 9.65. The molecule has 1 heterocycles. The predicted octanol–water partition coefficient (Wildman–Crippen LogP) is 5.28. The molecule has 2 aromatic carbocycles. The zero-order valence-corrected chi connectivity index (χ0v) is 12.6. The fraction of sp³-hybridized carbons (Fsp3) is 0. The van der Waals surface area contributed by atoms with Gasteiger partial charge in [-0.3, -0.25) is 4.98 Å². The molecule has 0 atom stereocenters. The van der Waals surface area contributed by atoms with E-state index in [1.165, 1.54) is 11.8 Å². The first kappa shape index (κ1) is 13.6. The molecule has 0 aliphatic carbocycles. The Bertz CT molecular complexity index is 790. The third-order valence-electron chi connectivity index (χ3n) is 2.88. The van der Waals surface area contributed by atoms with Gasteiger partial charge in [0.05, 0.1) is 10.5 Å². The molecule has 2 nitrogen and oxygen atoms in total. The molecule has 20 heavy (non-hydrogen) atoms. The number of halogens is 2. The van der Waals surface area contributed by atoms with Crippen molar-refractivity contribution in [1.82, 2.24) is 4.98 Å². The molecular formula is C15H10Cl2N2S. The van der Waals surface area contributed by atoms with E-state index in [9.17, 15) is 0 Å². The van der Waals surface area contributed by atoms with Crippen LogP contribution >= 0.6 is 35.0 Å². The summed E-state index contributed by atoms with van der Waals surface area (Å²) in [6.45, 7) is 0. The smallest absolute Gasteiger partial charge is 0.0861 e. The van der Waals surface area contributed by atoms with Crippen LogP contribution in [0.15, 0.2) is 58.5 Å². The Balaban J connectivity index is 2.11. The number of anilines is 1. The van der Waals surface area contributed by atoms with Crippen LogP contribution in [0.5, 0.6) is 0 Å². The van der Waals surface area contributed by atoms with Gasteiger partial charge in [0.1, 0.15) is 0 Å². The molecule has 0 fully saturated rings. The van der Waals surface area contributed by atoms with E-state index >= 15 is 0 Å². The van der Waals surface area contributed by atoms with Gasteiger partial charge < -0.3 is 5.73 Å². The topological polar surface area (TPSA) is 38.9 Å². The minimum absolute atomic E-state index is 0.657. The number of fused-ring (bicyclic) bond motifs is 1. The van der Waals surface area contributed by atoms with Crippen LogP contribution in [0.1, 0.15) is 0 Å². The van der Waals surface area contributed by atoms with Crippen molar-refractivity contribution in [2.75, 3.05) is 5.73 Å². The Morgan fingerprint density at radius 1 is 1.00 bits per heavy atom. The van der Waals surface area contributed by atoms with Gasteiger partial charge in [0, 0.05) is 32.1 Å². The summed E-state index contributed by atoms with van der Waals surface area (Å²) in [4.78, 5) is 6.31. The molecule has 0 aliphatic rings. The van der Waals surface area contributed by atoms with E-state index in [0.717, 1.165) is 26.4 Å². The number of nitrogens with zero attached hydrogens (tertiary/aromatic N) is 1. The molecule has 0 saturated heterocycles. The summed E-state index contributed by atoms with van der Waals surface area (Å²) in [5.41, 5.74) is 7.56. The van der Waals surface area contributed by atoms with Crippen molar-refractivity contribution in [1.29, 1.82) is 0 Å². The summed E-state index contributed by atoms with van der Waals surface area (Å²) in [7, 11) is 0. The van der Waals surface area contributed by atoms with Gasteiger partial charge in [0.25, 0.3) is 0 Å². The summed E-state index contributed by atoms with van der Waals surface area (Å²) < 4.78 is 0. The van der Waals surface area contributed by atoms with Gasteiger partial charge in [-0.05, 0) is 42.5 Å². The van der Waals surface area contributed by atoms with E-state index in [4.69, 9.17) is 28.9 Å².